The number of aromatic nitrogens is 1. The van der Waals surface area contributed by atoms with Gasteiger partial charge in [0.2, 0.25) is 5.91 Å². The molecule has 0 aliphatic carbocycles. The van der Waals surface area contributed by atoms with Crippen molar-refractivity contribution in [1.82, 2.24) is 15.2 Å². The molecule has 2 rings (SSSR count). The third-order valence-corrected chi connectivity index (χ3v) is 4.11. The number of aryl methyl sites for hydroxylation is 1. The molecule has 100 valence electrons. The molecular formula is C13H21N3OS. The van der Waals surface area contributed by atoms with Crippen LogP contribution in [0.1, 0.15) is 30.5 Å². The molecule has 1 aromatic heterocycles. The van der Waals surface area contributed by atoms with Crippen LogP contribution in [0.4, 0.5) is 0 Å². The molecule has 0 bridgehead atoms. The van der Waals surface area contributed by atoms with E-state index >= 15 is 0 Å². The molecule has 0 spiro atoms. The monoisotopic (exact) mass is 267 g/mol. The second-order valence-electron chi connectivity index (χ2n) is 4.82. The molecule has 0 radical (unpaired) electrons. The highest BCUT2D eigenvalue weighted by Crippen LogP contribution is 2.10. The van der Waals surface area contributed by atoms with Crippen molar-refractivity contribution in [1.29, 1.82) is 0 Å². The smallest absolute Gasteiger partial charge is 0.239 e. The summed E-state index contributed by atoms with van der Waals surface area (Å²) in [4.78, 5) is 18.4. The number of amides is 1. The Morgan fingerprint density at radius 2 is 2.28 bits per heavy atom. The number of carbonyl (C=O) groups is 1. The third-order valence-electron chi connectivity index (χ3n) is 3.29. The highest BCUT2D eigenvalue weighted by Gasteiger charge is 2.22. The van der Waals surface area contributed by atoms with Gasteiger partial charge in [0.1, 0.15) is 0 Å². The Morgan fingerprint density at radius 1 is 1.56 bits per heavy atom. The van der Waals surface area contributed by atoms with Crippen molar-refractivity contribution in [2.75, 3.05) is 19.6 Å². The molecule has 1 aliphatic heterocycles. The Labute approximate surface area is 112 Å². The van der Waals surface area contributed by atoms with Crippen molar-refractivity contribution in [3.8, 4) is 0 Å². The highest BCUT2D eigenvalue weighted by molar-refractivity contribution is 7.09. The molecule has 1 fully saturated rings. The van der Waals surface area contributed by atoms with Crippen LogP contribution in [0, 0.1) is 6.92 Å². The summed E-state index contributed by atoms with van der Waals surface area (Å²) in [6, 6.07) is -0.0807. The first-order valence-electron chi connectivity index (χ1n) is 6.60. The van der Waals surface area contributed by atoms with E-state index < -0.39 is 0 Å². The molecule has 0 saturated carbocycles. The number of thiazole rings is 1. The van der Waals surface area contributed by atoms with Crippen molar-refractivity contribution in [2.45, 2.75) is 39.2 Å². The van der Waals surface area contributed by atoms with E-state index in [1.807, 2.05) is 18.7 Å². The SMILES string of the molecule is Cc1nc(CCNC(C)C(=O)N2CCCC2)cs1. The van der Waals surface area contributed by atoms with E-state index in [9.17, 15) is 4.79 Å². The number of rotatable bonds is 5. The van der Waals surface area contributed by atoms with Crippen molar-refractivity contribution in [2.24, 2.45) is 0 Å². The van der Waals surface area contributed by atoms with Gasteiger partial charge in [-0.15, -0.1) is 11.3 Å². The Morgan fingerprint density at radius 3 is 2.89 bits per heavy atom. The van der Waals surface area contributed by atoms with Gasteiger partial charge in [0, 0.05) is 31.4 Å². The van der Waals surface area contributed by atoms with E-state index in [-0.39, 0.29) is 11.9 Å². The predicted molar refractivity (Wildman–Crippen MR) is 73.8 cm³/mol. The average Bonchev–Trinajstić information content (AvgIpc) is 2.99. The second-order valence-corrected chi connectivity index (χ2v) is 5.88. The fraction of sp³-hybridized carbons (Fsp3) is 0.692. The summed E-state index contributed by atoms with van der Waals surface area (Å²) >= 11 is 1.68. The van der Waals surface area contributed by atoms with Crippen molar-refractivity contribution in [3.05, 3.63) is 16.1 Å². The van der Waals surface area contributed by atoms with Gasteiger partial charge in [-0.3, -0.25) is 4.79 Å². The van der Waals surface area contributed by atoms with Gasteiger partial charge in [0.05, 0.1) is 16.7 Å². The number of likely N-dealkylation sites (tertiary alicyclic amines) is 1. The van der Waals surface area contributed by atoms with Gasteiger partial charge >= 0.3 is 0 Å². The molecule has 1 amide bonds. The van der Waals surface area contributed by atoms with Gasteiger partial charge in [-0.2, -0.15) is 0 Å². The fourth-order valence-electron chi connectivity index (χ4n) is 2.24. The average molecular weight is 267 g/mol. The van der Waals surface area contributed by atoms with Crippen LogP contribution in [0.2, 0.25) is 0 Å². The maximum Gasteiger partial charge on any atom is 0.239 e. The summed E-state index contributed by atoms with van der Waals surface area (Å²) in [6.07, 6.45) is 3.19. The van der Waals surface area contributed by atoms with Crippen molar-refractivity contribution < 1.29 is 4.79 Å². The zero-order chi connectivity index (χ0) is 13.0. The lowest BCUT2D eigenvalue weighted by Gasteiger charge is -2.21. The second kappa shape index (κ2) is 6.29. The Balaban J connectivity index is 1.70. The maximum atomic E-state index is 12.0. The standard InChI is InChI=1S/C13H21N3OS/c1-10(13(17)16-7-3-4-8-16)14-6-5-12-9-18-11(2)15-12/h9-10,14H,3-8H2,1-2H3. The Kier molecular flexibility index (Phi) is 4.72. The minimum absolute atomic E-state index is 0.0807. The molecule has 4 nitrogen and oxygen atoms in total. The molecule has 1 unspecified atom stereocenters. The number of hydrogen-bond acceptors (Lipinski definition) is 4. The van der Waals surface area contributed by atoms with E-state index in [1.54, 1.807) is 11.3 Å². The summed E-state index contributed by atoms with van der Waals surface area (Å²) in [7, 11) is 0. The van der Waals surface area contributed by atoms with E-state index in [0.717, 1.165) is 49.6 Å². The van der Waals surface area contributed by atoms with Gasteiger partial charge in [-0.25, -0.2) is 4.98 Å². The predicted octanol–water partition coefficient (Wildman–Crippen LogP) is 1.59. The minimum Gasteiger partial charge on any atom is -0.341 e. The lowest BCUT2D eigenvalue weighted by Crippen LogP contribution is -2.44. The first-order valence-corrected chi connectivity index (χ1v) is 7.48. The van der Waals surface area contributed by atoms with Crippen LogP contribution in [0.3, 0.4) is 0 Å². The quantitative estimate of drug-likeness (QED) is 0.881. The van der Waals surface area contributed by atoms with E-state index in [0.29, 0.717) is 0 Å². The first-order chi connectivity index (χ1) is 8.66. The molecule has 1 aliphatic rings. The van der Waals surface area contributed by atoms with E-state index in [4.69, 9.17) is 0 Å². The lowest BCUT2D eigenvalue weighted by molar-refractivity contribution is -0.131. The Hall–Kier alpha value is -0.940. The molecule has 1 saturated heterocycles. The van der Waals surface area contributed by atoms with Crippen LogP contribution in [-0.2, 0) is 11.2 Å². The van der Waals surface area contributed by atoms with Gasteiger partial charge in [0.25, 0.3) is 0 Å². The van der Waals surface area contributed by atoms with Gasteiger partial charge in [-0.05, 0) is 26.7 Å². The zero-order valence-corrected chi connectivity index (χ0v) is 11.9. The van der Waals surface area contributed by atoms with E-state index in [1.165, 1.54) is 0 Å². The zero-order valence-electron chi connectivity index (χ0n) is 11.1. The van der Waals surface area contributed by atoms with Crippen LogP contribution in [0.15, 0.2) is 5.38 Å². The van der Waals surface area contributed by atoms with Crippen molar-refractivity contribution >= 4 is 17.2 Å². The van der Waals surface area contributed by atoms with Gasteiger partial charge in [0.15, 0.2) is 0 Å². The Bertz CT molecular complexity index is 399. The van der Waals surface area contributed by atoms with Crippen LogP contribution < -0.4 is 5.32 Å². The van der Waals surface area contributed by atoms with Crippen LogP contribution in [-0.4, -0.2) is 41.5 Å². The van der Waals surface area contributed by atoms with E-state index in [2.05, 4.69) is 15.7 Å². The number of carbonyl (C=O) groups excluding carboxylic acids is 1. The molecular weight excluding hydrogens is 246 g/mol. The molecule has 18 heavy (non-hydrogen) atoms. The lowest BCUT2D eigenvalue weighted by atomic mass is 10.2. The number of nitrogens with one attached hydrogen (secondary N) is 1. The normalized spacial score (nSPS) is 17.1. The van der Waals surface area contributed by atoms with Crippen LogP contribution in [0.5, 0.6) is 0 Å². The summed E-state index contributed by atoms with van der Waals surface area (Å²) in [6.45, 7) is 6.63. The first kappa shape index (κ1) is 13.5. The molecule has 1 N–H and O–H groups in total. The molecule has 2 heterocycles. The molecule has 0 aromatic carbocycles. The summed E-state index contributed by atoms with van der Waals surface area (Å²) in [5, 5.41) is 6.48. The molecule has 1 atom stereocenters. The minimum atomic E-state index is -0.0807. The largest absolute Gasteiger partial charge is 0.341 e. The summed E-state index contributed by atoms with van der Waals surface area (Å²) < 4.78 is 0. The number of nitrogens with zero attached hydrogens (tertiary/aromatic N) is 2. The topological polar surface area (TPSA) is 45.2 Å². The van der Waals surface area contributed by atoms with Gasteiger partial charge < -0.3 is 10.2 Å². The third kappa shape index (κ3) is 3.53. The fourth-order valence-corrected chi connectivity index (χ4v) is 2.89. The maximum absolute atomic E-state index is 12.0. The van der Waals surface area contributed by atoms with Crippen LogP contribution in [0.25, 0.3) is 0 Å². The van der Waals surface area contributed by atoms with Crippen LogP contribution >= 0.6 is 11.3 Å². The highest BCUT2D eigenvalue weighted by atomic mass is 32.1. The van der Waals surface area contributed by atoms with Gasteiger partial charge in [-0.1, -0.05) is 0 Å². The summed E-state index contributed by atoms with van der Waals surface area (Å²) in [5.41, 5.74) is 1.12. The van der Waals surface area contributed by atoms with Crippen molar-refractivity contribution in [3.63, 3.8) is 0 Å². The molecule has 5 heteroatoms. The molecule has 1 aromatic rings. The summed E-state index contributed by atoms with van der Waals surface area (Å²) in [5.74, 6) is 0.238. The number of hydrogen-bond donors (Lipinski definition) is 1.